The van der Waals surface area contributed by atoms with Gasteiger partial charge in [-0.25, -0.2) is 0 Å². The van der Waals surface area contributed by atoms with Gasteiger partial charge in [-0.2, -0.15) is 0 Å². The van der Waals surface area contributed by atoms with Crippen molar-refractivity contribution in [2.75, 3.05) is 13.1 Å². The highest BCUT2D eigenvalue weighted by atomic mass is 35.5. The molecule has 1 aliphatic heterocycles. The van der Waals surface area contributed by atoms with E-state index in [0.29, 0.717) is 11.5 Å². The SMILES string of the molecule is CC(N)C1CCCN(Cc2ccc(C(N)=O)cc2)C1.Cl. The Hall–Kier alpha value is -1.10. The Kier molecular flexibility index (Phi) is 6.46. The number of benzene rings is 1. The summed E-state index contributed by atoms with van der Waals surface area (Å²) in [6.45, 7) is 5.20. The molecule has 1 aromatic carbocycles. The molecule has 0 radical (unpaired) electrons. The lowest BCUT2D eigenvalue weighted by Crippen LogP contribution is -2.41. The maximum Gasteiger partial charge on any atom is 0.248 e. The summed E-state index contributed by atoms with van der Waals surface area (Å²) < 4.78 is 0. The molecular formula is C15H24ClN3O. The van der Waals surface area contributed by atoms with E-state index in [4.69, 9.17) is 11.5 Å². The van der Waals surface area contributed by atoms with Crippen LogP contribution in [-0.4, -0.2) is 29.9 Å². The molecule has 0 aliphatic carbocycles. The van der Waals surface area contributed by atoms with E-state index in [-0.39, 0.29) is 24.4 Å². The van der Waals surface area contributed by atoms with Gasteiger partial charge in [-0.1, -0.05) is 12.1 Å². The van der Waals surface area contributed by atoms with Gasteiger partial charge in [-0.05, 0) is 49.9 Å². The molecule has 112 valence electrons. The van der Waals surface area contributed by atoms with Crippen molar-refractivity contribution >= 4 is 18.3 Å². The largest absolute Gasteiger partial charge is 0.366 e. The van der Waals surface area contributed by atoms with Gasteiger partial charge in [0.2, 0.25) is 5.91 Å². The number of piperidine rings is 1. The molecule has 4 N–H and O–H groups in total. The van der Waals surface area contributed by atoms with Gasteiger partial charge in [-0.3, -0.25) is 9.69 Å². The first-order chi connectivity index (χ1) is 9.06. The molecule has 1 aromatic rings. The number of halogens is 1. The molecule has 2 atom stereocenters. The van der Waals surface area contributed by atoms with E-state index in [0.717, 1.165) is 19.6 Å². The molecule has 0 saturated carbocycles. The Morgan fingerprint density at radius 3 is 2.60 bits per heavy atom. The van der Waals surface area contributed by atoms with Gasteiger partial charge in [0, 0.05) is 24.7 Å². The standard InChI is InChI=1S/C15H23N3O.ClH/c1-11(16)14-3-2-8-18(10-14)9-12-4-6-13(7-5-12)15(17)19;/h4-7,11,14H,2-3,8-10,16H2,1H3,(H2,17,19);1H. The minimum atomic E-state index is -0.374. The number of nitrogens with zero attached hydrogens (tertiary/aromatic N) is 1. The van der Waals surface area contributed by atoms with Crippen LogP contribution < -0.4 is 11.5 Å². The predicted octanol–water partition coefficient (Wildman–Crippen LogP) is 1.77. The second-order valence-corrected chi connectivity index (χ2v) is 5.56. The zero-order valence-corrected chi connectivity index (χ0v) is 12.7. The number of amides is 1. The smallest absolute Gasteiger partial charge is 0.248 e. The van der Waals surface area contributed by atoms with Gasteiger partial charge in [0.1, 0.15) is 0 Å². The monoisotopic (exact) mass is 297 g/mol. The lowest BCUT2D eigenvalue weighted by Gasteiger charge is -2.34. The van der Waals surface area contributed by atoms with Gasteiger partial charge >= 0.3 is 0 Å². The van der Waals surface area contributed by atoms with E-state index in [2.05, 4.69) is 11.8 Å². The molecule has 2 unspecified atom stereocenters. The summed E-state index contributed by atoms with van der Waals surface area (Å²) in [4.78, 5) is 13.5. The minimum absolute atomic E-state index is 0. The van der Waals surface area contributed by atoms with E-state index < -0.39 is 0 Å². The van der Waals surface area contributed by atoms with Crippen molar-refractivity contribution < 1.29 is 4.79 Å². The Bertz CT molecular complexity index is 433. The predicted molar refractivity (Wildman–Crippen MR) is 83.9 cm³/mol. The van der Waals surface area contributed by atoms with Gasteiger partial charge in [-0.15, -0.1) is 12.4 Å². The topological polar surface area (TPSA) is 72.3 Å². The third-order valence-corrected chi connectivity index (χ3v) is 3.93. The van der Waals surface area contributed by atoms with Crippen molar-refractivity contribution in [3.63, 3.8) is 0 Å². The fraction of sp³-hybridized carbons (Fsp3) is 0.533. The van der Waals surface area contributed by atoms with Crippen molar-refractivity contribution in [3.8, 4) is 0 Å². The molecule has 0 aromatic heterocycles. The average Bonchev–Trinajstić information content (AvgIpc) is 2.39. The first kappa shape index (κ1) is 17.0. The van der Waals surface area contributed by atoms with E-state index in [1.165, 1.54) is 18.4 Å². The summed E-state index contributed by atoms with van der Waals surface area (Å²) in [5, 5.41) is 0. The summed E-state index contributed by atoms with van der Waals surface area (Å²) in [6, 6.07) is 7.82. The maximum absolute atomic E-state index is 11.0. The number of carbonyl (C=O) groups excluding carboxylic acids is 1. The molecular weight excluding hydrogens is 274 g/mol. The van der Waals surface area contributed by atoms with Crippen molar-refractivity contribution in [1.29, 1.82) is 0 Å². The second-order valence-electron chi connectivity index (χ2n) is 5.56. The minimum Gasteiger partial charge on any atom is -0.366 e. The molecule has 2 rings (SSSR count). The van der Waals surface area contributed by atoms with Crippen LogP contribution in [0, 0.1) is 5.92 Å². The third kappa shape index (κ3) is 4.47. The highest BCUT2D eigenvalue weighted by molar-refractivity contribution is 5.92. The second kappa shape index (κ2) is 7.62. The fourth-order valence-electron chi connectivity index (χ4n) is 2.70. The van der Waals surface area contributed by atoms with Crippen LogP contribution in [0.3, 0.4) is 0 Å². The molecule has 1 saturated heterocycles. The molecule has 4 nitrogen and oxygen atoms in total. The van der Waals surface area contributed by atoms with Crippen LogP contribution in [0.1, 0.15) is 35.7 Å². The van der Waals surface area contributed by atoms with Crippen molar-refractivity contribution in [1.82, 2.24) is 4.90 Å². The first-order valence-corrected chi connectivity index (χ1v) is 6.93. The Morgan fingerprint density at radius 2 is 2.05 bits per heavy atom. The van der Waals surface area contributed by atoms with Crippen molar-refractivity contribution in [3.05, 3.63) is 35.4 Å². The van der Waals surface area contributed by atoms with E-state index in [9.17, 15) is 4.79 Å². The molecule has 1 heterocycles. The number of hydrogen-bond donors (Lipinski definition) is 2. The van der Waals surface area contributed by atoms with E-state index in [1.807, 2.05) is 12.1 Å². The van der Waals surface area contributed by atoms with Gasteiger partial charge in [0.15, 0.2) is 0 Å². The van der Waals surface area contributed by atoms with Crippen molar-refractivity contribution in [2.24, 2.45) is 17.4 Å². The van der Waals surface area contributed by atoms with Gasteiger partial charge < -0.3 is 11.5 Å². The molecule has 20 heavy (non-hydrogen) atoms. The number of likely N-dealkylation sites (tertiary alicyclic amines) is 1. The molecule has 1 fully saturated rings. The zero-order valence-electron chi connectivity index (χ0n) is 11.9. The lowest BCUT2D eigenvalue weighted by atomic mass is 9.92. The molecule has 0 spiro atoms. The Morgan fingerprint density at radius 1 is 1.40 bits per heavy atom. The van der Waals surface area contributed by atoms with Gasteiger partial charge in [0.25, 0.3) is 0 Å². The molecule has 5 heteroatoms. The highest BCUT2D eigenvalue weighted by Gasteiger charge is 2.22. The van der Waals surface area contributed by atoms with Crippen LogP contribution in [0.2, 0.25) is 0 Å². The number of carbonyl (C=O) groups is 1. The fourth-order valence-corrected chi connectivity index (χ4v) is 2.70. The Labute approximate surface area is 126 Å². The summed E-state index contributed by atoms with van der Waals surface area (Å²) in [6.07, 6.45) is 2.44. The molecule has 1 amide bonds. The maximum atomic E-state index is 11.0. The number of hydrogen-bond acceptors (Lipinski definition) is 3. The van der Waals surface area contributed by atoms with Crippen LogP contribution in [0.4, 0.5) is 0 Å². The van der Waals surface area contributed by atoms with Crippen LogP contribution in [0.25, 0.3) is 0 Å². The van der Waals surface area contributed by atoms with Crippen LogP contribution >= 0.6 is 12.4 Å². The van der Waals surface area contributed by atoms with Crippen molar-refractivity contribution in [2.45, 2.75) is 32.4 Å². The summed E-state index contributed by atoms with van der Waals surface area (Å²) in [5.74, 6) is 0.222. The lowest BCUT2D eigenvalue weighted by molar-refractivity contribution is 0.1000. The normalized spacial score (nSPS) is 21.0. The van der Waals surface area contributed by atoms with E-state index >= 15 is 0 Å². The Balaban J connectivity index is 0.00000200. The first-order valence-electron chi connectivity index (χ1n) is 6.93. The van der Waals surface area contributed by atoms with Gasteiger partial charge in [0.05, 0.1) is 0 Å². The van der Waals surface area contributed by atoms with E-state index in [1.54, 1.807) is 12.1 Å². The third-order valence-electron chi connectivity index (χ3n) is 3.93. The van der Waals surface area contributed by atoms with Crippen LogP contribution in [0.5, 0.6) is 0 Å². The highest BCUT2D eigenvalue weighted by Crippen LogP contribution is 2.20. The van der Waals surface area contributed by atoms with Crippen LogP contribution in [-0.2, 0) is 6.54 Å². The van der Waals surface area contributed by atoms with Crippen LogP contribution in [0.15, 0.2) is 24.3 Å². The number of primary amides is 1. The average molecular weight is 298 g/mol. The summed E-state index contributed by atoms with van der Waals surface area (Å²) in [5.41, 5.74) is 13.0. The number of rotatable bonds is 4. The quantitative estimate of drug-likeness (QED) is 0.889. The summed E-state index contributed by atoms with van der Waals surface area (Å²) >= 11 is 0. The number of nitrogens with two attached hydrogens (primary N) is 2. The molecule has 0 bridgehead atoms. The zero-order chi connectivity index (χ0) is 13.8. The molecule has 1 aliphatic rings. The summed E-state index contributed by atoms with van der Waals surface area (Å²) in [7, 11) is 0.